The van der Waals surface area contributed by atoms with Gasteiger partial charge in [0.2, 0.25) is 5.91 Å². The van der Waals surface area contributed by atoms with E-state index < -0.39 is 0 Å². The van der Waals surface area contributed by atoms with Gasteiger partial charge in [0.1, 0.15) is 5.82 Å². The van der Waals surface area contributed by atoms with Gasteiger partial charge in [0, 0.05) is 35.8 Å². The van der Waals surface area contributed by atoms with Crippen LogP contribution in [-0.2, 0) is 11.2 Å². The average Bonchev–Trinajstić information content (AvgIpc) is 3.55. The van der Waals surface area contributed by atoms with Crippen molar-refractivity contribution < 1.29 is 14.4 Å². The highest BCUT2D eigenvalue weighted by Gasteiger charge is 2.45. The summed E-state index contributed by atoms with van der Waals surface area (Å²) in [6.45, 7) is 1.86. The van der Waals surface area contributed by atoms with Crippen molar-refractivity contribution in [3.63, 3.8) is 0 Å². The van der Waals surface area contributed by atoms with Gasteiger partial charge in [0.05, 0.1) is 17.5 Å². The molecule has 1 aliphatic carbocycles. The van der Waals surface area contributed by atoms with E-state index in [1.165, 1.54) is 4.90 Å². The quantitative estimate of drug-likeness (QED) is 0.649. The van der Waals surface area contributed by atoms with Gasteiger partial charge in [0.15, 0.2) is 0 Å². The molecular formula is C24H20N4O3. The van der Waals surface area contributed by atoms with E-state index in [9.17, 15) is 14.4 Å². The van der Waals surface area contributed by atoms with E-state index in [-0.39, 0.29) is 30.2 Å². The van der Waals surface area contributed by atoms with Crippen LogP contribution in [-0.4, -0.2) is 38.6 Å². The number of nitrogens with zero attached hydrogens (tertiary/aromatic N) is 3. The van der Waals surface area contributed by atoms with Crippen molar-refractivity contribution >= 4 is 23.5 Å². The minimum Gasteiger partial charge on any atom is -0.310 e. The van der Waals surface area contributed by atoms with E-state index in [1.807, 2.05) is 25.1 Å². The van der Waals surface area contributed by atoms with Crippen molar-refractivity contribution in [2.45, 2.75) is 32.2 Å². The summed E-state index contributed by atoms with van der Waals surface area (Å²) in [5, 5.41) is 2.78. The SMILES string of the molecule is Cc1cc(CC(=O)Nc2ccc(-c3cccnc3)cn2)c2c(c1)C(=O)N(C1CC1)C2=O. The van der Waals surface area contributed by atoms with Gasteiger partial charge in [0.25, 0.3) is 11.8 Å². The van der Waals surface area contributed by atoms with Gasteiger partial charge in [-0.15, -0.1) is 0 Å². The van der Waals surface area contributed by atoms with Crippen molar-refractivity contribution in [2.75, 3.05) is 5.32 Å². The number of imide groups is 1. The third kappa shape index (κ3) is 3.59. The van der Waals surface area contributed by atoms with Gasteiger partial charge in [-0.05, 0) is 55.2 Å². The fourth-order valence-corrected chi connectivity index (χ4v) is 3.96. The van der Waals surface area contributed by atoms with Crippen LogP contribution in [0.4, 0.5) is 5.82 Å². The molecule has 3 aromatic rings. The fourth-order valence-electron chi connectivity index (χ4n) is 3.96. The zero-order valence-corrected chi connectivity index (χ0v) is 17.0. The Bertz CT molecular complexity index is 1200. The number of fused-ring (bicyclic) bond motifs is 1. The first kappa shape index (κ1) is 19.1. The standard InChI is InChI=1S/C24H20N4O3/c1-14-9-17(22-19(10-14)23(30)28(24(22)31)18-5-6-18)11-21(29)27-20-7-4-16(13-26-20)15-3-2-8-25-12-15/h2-4,7-10,12-13,18H,5-6,11H2,1H3,(H,26,27,29). The number of carbonyl (C=O) groups is 3. The van der Waals surface area contributed by atoms with Crippen LogP contribution in [0.5, 0.6) is 0 Å². The molecule has 2 aromatic heterocycles. The maximum atomic E-state index is 12.9. The summed E-state index contributed by atoms with van der Waals surface area (Å²) in [5.74, 6) is -0.409. The minimum absolute atomic E-state index is 0.00286. The first-order valence-corrected chi connectivity index (χ1v) is 10.2. The average molecular weight is 412 g/mol. The lowest BCUT2D eigenvalue weighted by Crippen LogP contribution is -2.32. The fraction of sp³-hybridized carbons (Fsp3) is 0.208. The molecule has 0 spiro atoms. The molecule has 154 valence electrons. The Morgan fingerprint density at radius 2 is 1.90 bits per heavy atom. The maximum Gasteiger partial charge on any atom is 0.262 e. The van der Waals surface area contributed by atoms with Crippen LogP contribution in [0.25, 0.3) is 11.1 Å². The Morgan fingerprint density at radius 1 is 1.10 bits per heavy atom. The number of carbonyl (C=O) groups excluding carboxylic acids is 3. The molecule has 0 unspecified atom stereocenters. The number of aromatic nitrogens is 2. The summed E-state index contributed by atoms with van der Waals surface area (Å²) in [5.41, 5.74) is 4.01. The van der Waals surface area contributed by atoms with E-state index in [1.54, 1.807) is 36.8 Å². The summed E-state index contributed by atoms with van der Waals surface area (Å²) in [6, 6.07) is 10.9. The van der Waals surface area contributed by atoms with Crippen LogP contribution in [0.1, 0.15) is 44.7 Å². The molecule has 7 heteroatoms. The van der Waals surface area contributed by atoms with Crippen molar-refractivity contribution in [3.8, 4) is 11.1 Å². The number of hydrogen-bond acceptors (Lipinski definition) is 5. The van der Waals surface area contributed by atoms with Gasteiger partial charge in [-0.2, -0.15) is 0 Å². The largest absolute Gasteiger partial charge is 0.310 e. The number of rotatable bonds is 5. The van der Waals surface area contributed by atoms with E-state index >= 15 is 0 Å². The van der Waals surface area contributed by atoms with Gasteiger partial charge in [-0.3, -0.25) is 24.3 Å². The van der Waals surface area contributed by atoms with Gasteiger partial charge in [-0.25, -0.2) is 4.98 Å². The van der Waals surface area contributed by atoms with Crippen molar-refractivity contribution in [2.24, 2.45) is 0 Å². The van der Waals surface area contributed by atoms with E-state index in [4.69, 9.17) is 0 Å². The molecule has 0 radical (unpaired) electrons. The van der Waals surface area contributed by atoms with Crippen LogP contribution >= 0.6 is 0 Å². The summed E-state index contributed by atoms with van der Waals surface area (Å²) in [4.78, 5) is 48.0. The zero-order valence-electron chi connectivity index (χ0n) is 17.0. The van der Waals surface area contributed by atoms with Crippen LogP contribution in [0, 0.1) is 6.92 Å². The molecule has 5 rings (SSSR count). The molecule has 1 fully saturated rings. The lowest BCUT2D eigenvalue weighted by molar-refractivity contribution is -0.115. The highest BCUT2D eigenvalue weighted by atomic mass is 16.2. The molecule has 1 aromatic carbocycles. The second-order valence-electron chi connectivity index (χ2n) is 7.96. The second kappa shape index (κ2) is 7.43. The molecule has 3 heterocycles. The number of pyridine rings is 2. The molecule has 1 aliphatic heterocycles. The maximum absolute atomic E-state index is 12.9. The van der Waals surface area contributed by atoms with Gasteiger partial charge in [-0.1, -0.05) is 12.1 Å². The summed E-state index contributed by atoms with van der Waals surface area (Å²) in [7, 11) is 0. The Balaban J connectivity index is 1.34. The smallest absolute Gasteiger partial charge is 0.262 e. The number of benzene rings is 1. The summed E-state index contributed by atoms with van der Waals surface area (Å²) < 4.78 is 0. The normalized spacial score (nSPS) is 15.2. The van der Waals surface area contributed by atoms with Crippen LogP contribution in [0.3, 0.4) is 0 Å². The zero-order chi connectivity index (χ0) is 21.5. The molecular weight excluding hydrogens is 392 g/mol. The molecule has 3 amide bonds. The second-order valence-corrected chi connectivity index (χ2v) is 7.96. The van der Waals surface area contributed by atoms with Crippen LogP contribution in [0.15, 0.2) is 55.0 Å². The number of aryl methyl sites for hydroxylation is 1. The van der Waals surface area contributed by atoms with E-state index in [2.05, 4.69) is 15.3 Å². The Labute approximate surface area is 179 Å². The topological polar surface area (TPSA) is 92.3 Å². The molecule has 31 heavy (non-hydrogen) atoms. The highest BCUT2D eigenvalue weighted by Crippen LogP contribution is 2.36. The van der Waals surface area contributed by atoms with Crippen molar-refractivity contribution in [1.29, 1.82) is 0 Å². The molecule has 1 saturated carbocycles. The van der Waals surface area contributed by atoms with Gasteiger partial charge < -0.3 is 5.32 Å². The Hall–Kier alpha value is -3.87. The number of nitrogens with one attached hydrogen (secondary N) is 1. The highest BCUT2D eigenvalue weighted by molar-refractivity contribution is 6.22. The Kier molecular flexibility index (Phi) is 4.58. The first-order valence-electron chi connectivity index (χ1n) is 10.2. The molecule has 0 bridgehead atoms. The Morgan fingerprint density at radius 3 is 2.58 bits per heavy atom. The van der Waals surface area contributed by atoms with E-state index in [0.29, 0.717) is 22.5 Å². The third-order valence-electron chi connectivity index (χ3n) is 5.54. The van der Waals surface area contributed by atoms with Gasteiger partial charge >= 0.3 is 0 Å². The van der Waals surface area contributed by atoms with Crippen LogP contribution < -0.4 is 5.32 Å². The summed E-state index contributed by atoms with van der Waals surface area (Å²) in [6.07, 6.45) is 6.81. The lowest BCUT2D eigenvalue weighted by Gasteiger charge is -2.12. The molecule has 1 N–H and O–H groups in total. The number of hydrogen-bond donors (Lipinski definition) is 1. The summed E-state index contributed by atoms with van der Waals surface area (Å²) >= 11 is 0. The van der Waals surface area contributed by atoms with Crippen LogP contribution in [0.2, 0.25) is 0 Å². The lowest BCUT2D eigenvalue weighted by atomic mass is 9.97. The predicted molar refractivity (Wildman–Crippen MR) is 115 cm³/mol. The molecule has 0 saturated heterocycles. The van der Waals surface area contributed by atoms with E-state index in [0.717, 1.165) is 29.5 Å². The third-order valence-corrected chi connectivity index (χ3v) is 5.54. The molecule has 7 nitrogen and oxygen atoms in total. The van der Waals surface area contributed by atoms with Crippen molar-refractivity contribution in [1.82, 2.24) is 14.9 Å². The number of anilines is 1. The number of amides is 3. The molecule has 2 aliphatic rings. The monoisotopic (exact) mass is 412 g/mol. The first-order chi connectivity index (χ1) is 15.0. The molecule has 0 atom stereocenters. The van der Waals surface area contributed by atoms with Crippen molar-refractivity contribution in [3.05, 3.63) is 77.2 Å². The predicted octanol–water partition coefficient (Wildman–Crippen LogP) is 3.39. The minimum atomic E-state index is -0.292.